The van der Waals surface area contributed by atoms with Gasteiger partial charge in [0.1, 0.15) is 5.82 Å². The minimum atomic E-state index is -0.274. The summed E-state index contributed by atoms with van der Waals surface area (Å²) in [5.41, 5.74) is 1.42. The highest BCUT2D eigenvalue weighted by Gasteiger charge is 2.09. The standard InChI is InChI=1S/C16H21FN4O/c1-3-4-9-18-16(22)19-15-10-12(2)21(20-15)11-13-7-5-6-8-14(13)17/h5-8,10H,3-4,9,11H2,1-2H3,(H2,18,19,20,22). The molecule has 6 heteroatoms. The van der Waals surface area contributed by atoms with Crippen LogP contribution in [0.4, 0.5) is 15.0 Å². The number of amides is 2. The molecule has 1 heterocycles. The number of nitrogens with zero attached hydrogens (tertiary/aromatic N) is 2. The van der Waals surface area contributed by atoms with Crippen molar-refractivity contribution in [1.82, 2.24) is 15.1 Å². The molecule has 0 fully saturated rings. The van der Waals surface area contributed by atoms with Gasteiger partial charge in [0.15, 0.2) is 5.82 Å². The first-order valence-corrected chi connectivity index (χ1v) is 7.43. The highest BCUT2D eigenvalue weighted by molar-refractivity contribution is 5.88. The molecule has 2 rings (SSSR count). The van der Waals surface area contributed by atoms with Gasteiger partial charge in [0, 0.05) is 23.9 Å². The van der Waals surface area contributed by atoms with Gasteiger partial charge in [0.2, 0.25) is 0 Å². The Kier molecular flexibility index (Phi) is 5.52. The van der Waals surface area contributed by atoms with Crippen molar-refractivity contribution >= 4 is 11.8 Å². The zero-order valence-corrected chi connectivity index (χ0v) is 12.9. The van der Waals surface area contributed by atoms with Crippen molar-refractivity contribution < 1.29 is 9.18 Å². The fourth-order valence-corrected chi connectivity index (χ4v) is 2.06. The predicted octanol–water partition coefficient (Wildman–Crippen LogP) is 3.30. The molecule has 0 radical (unpaired) electrons. The van der Waals surface area contributed by atoms with Gasteiger partial charge in [-0.05, 0) is 19.4 Å². The molecule has 0 bridgehead atoms. The molecule has 2 amide bonds. The number of rotatable bonds is 6. The first-order chi connectivity index (χ1) is 10.6. The second-order valence-corrected chi connectivity index (χ2v) is 5.15. The molecule has 0 aliphatic rings. The second-order valence-electron chi connectivity index (χ2n) is 5.15. The number of anilines is 1. The maximum atomic E-state index is 13.7. The number of nitrogens with one attached hydrogen (secondary N) is 2. The summed E-state index contributed by atoms with van der Waals surface area (Å²) in [5.74, 6) is 0.201. The van der Waals surface area contributed by atoms with Crippen molar-refractivity contribution in [2.45, 2.75) is 33.2 Å². The number of aryl methyl sites for hydroxylation is 1. The van der Waals surface area contributed by atoms with Crippen molar-refractivity contribution in [2.24, 2.45) is 0 Å². The molecule has 0 aliphatic heterocycles. The summed E-state index contributed by atoms with van der Waals surface area (Å²) in [6.07, 6.45) is 1.96. The van der Waals surface area contributed by atoms with Crippen molar-refractivity contribution in [3.63, 3.8) is 0 Å². The number of aromatic nitrogens is 2. The van der Waals surface area contributed by atoms with E-state index in [1.54, 1.807) is 28.9 Å². The maximum Gasteiger partial charge on any atom is 0.320 e. The lowest BCUT2D eigenvalue weighted by Crippen LogP contribution is -2.29. The van der Waals surface area contributed by atoms with E-state index in [4.69, 9.17) is 0 Å². The minimum absolute atomic E-state index is 0.260. The van der Waals surface area contributed by atoms with E-state index in [0.29, 0.717) is 24.5 Å². The van der Waals surface area contributed by atoms with Crippen molar-refractivity contribution in [1.29, 1.82) is 0 Å². The highest BCUT2D eigenvalue weighted by atomic mass is 19.1. The van der Waals surface area contributed by atoms with Gasteiger partial charge >= 0.3 is 6.03 Å². The summed E-state index contributed by atoms with van der Waals surface area (Å²) >= 11 is 0. The smallest absolute Gasteiger partial charge is 0.320 e. The van der Waals surface area contributed by atoms with Gasteiger partial charge in [-0.3, -0.25) is 10.00 Å². The molecule has 0 saturated carbocycles. The number of hydrogen-bond donors (Lipinski definition) is 2. The molecule has 0 aliphatic carbocycles. The van der Waals surface area contributed by atoms with Gasteiger partial charge in [-0.15, -0.1) is 0 Å². The summed E-state index contributed by atoms with van der Waals surface area (Å²) < 4.78 is 15.3. The van der Waals surface area contributed by atoms with Gasteiger partial charge < -0.3 is 5.32 Å². The Hall–Kier alpha value is -2.37. The fourth-order valence-electron chi connectivity index (χ4n) is 2.06. The summed E-state index contributed by atoms with van der Waals surface area (Å²) in [4.78, 5) is 11.7. The van der Waals surface area contributed by atoms with E-state index >= 15 is 0 Å². The molecular weight excluding hydrogens is 283 g/mol. The Morgan fingerprint density at radius 1 is 1.36 bits per heavy atom. The number of unbranched alkanes of at least 4 members (excludes halogenated alkanes) is 1. The molecule has 1 aromatic heterocycles. The monoisotopic (exact) mass is 304 g/mol. The summed E-state index contributed by atoms with van der Waals surface area (Å²) in [7, 11) is 0. The predicted molar refractivity (Wildman–Crippen MR) is 84.4 cm³/mol. The lowest BCUT2D eigenvalue weighted by Gasteiger charge is -2.06. The summed E-state index contributed by atoms with van der Waals surface area (Å²) in [5, 5.41) is 9.74. The first-order valence-electron chi connectivity index (χ1n) is 7.43. The average Bonchev–Trinajstić information content (AvgIpc) is 2.81. The van der Waals surface area contributed by atoms with E-state index in [-0.39, 0.29) is 11.8 Å². The summed E-state index contributed by atoms with van der Waals surface area (Å²) in [6, 6.07) is 8.08. The Morgan fingerprint density at radius 3 is 2.86 bits per heavy atom. The van der Waals surface area contributed by atoms with Crippen LogP contribution in [-0.4, -0.2) is 22.4 Å². The van der Waals surface area contributed by atoms with E-state index in [0.717, 1.165) is 18.5 Å². The molecule has 0 unspecified atom stereocenters. The van der Waals surface area contributed by atoms with Crippen LogP contribution >= 0.6 is 0 Å². The Balaban J connectivity index is 1.99. The number of urea groups is 1. The largest absolute Gasteiger partial charge is 0.338 e. The fraction of sp³-hybridized carbons (Fsp3) is 0.375. The number of benzene rings is 1. The van der Waals surface area contributed by atoms with Crippen LogP contribution in [0.2, 0.25) is 0 Å². The first kappa shape index (κ1) is 16.0. The molecular formula is C16H21FN4O. The molecule has 1 aromatic carbocycles. The number of hydrogen-bond acceptors (Lipinski definition) is 2. The molecule has 0 atom stereocenters. The Bertz CT molecular complexity index is 639. The van der Waals surface area contributed by atoms with E-state index in [1.165, 1.54) is 6.07 Å². The van der Waals surface area contributed by atoms with Crippen molar-refractivity contribution in [3.05, 3.63) is 47.4 Å². The molecule has 0 saturated heterocycles. The second kappa shape index (κ2) is 7.59. The van der Waals surface area contributed by atoms with Crippen LogP contribution in [0.5, 0.6) is 0 Å². The van der Waals surface area contributed by atoms with E-state index in [9.17, 15) is 9.18 Å². The summed E-state index contributed by atoms with van der Waals surface area (Å²) in [6.45, 7) is 4.90. The van der Waals surface area contributed by atoms with Gasteiger partial charge in [-0.25, -0.2) is 9.18 Å². The van der Waals surface area contributed by atoms with E-state index in [2.05, 4.69) is 22.7 Å². The number of halogens is 1. The van der Waals surface area contributed by atoms with Crippen LogP contribution in [0.25, 0.3) is 0 Å². The van der Waals surface area contributed by atoms with E-state index in [1.807, 2.05) is 6.92 Å². The minimum Gasteiger partial charge on any atom is -0.338 e. The third kappa shape index (κ3) is 4.31. The third-order valence-electron chi connectivity index (χ3n) is 3.32. The SMILES string of the molecule is CCCCNC(=O)Nc1cc(C)n(Cc2ccccc2F)n1. The Morgan fingerprint density at radius 2 is 2.14 bits per heavy atom. The van der Waals surface area contributed by atoms with Crippen LogP contribution in [0.15, 0.2) is 30.3 Å². The molecule has 5 nitrogen and oxygen atoms in total. The van der Waals surface area contributed by atoms with Crippen molar-refractivity contribution in [3.8, 4) is 0 Å². The number of carbonyl (C=O) groups is 1. The van der Waals surface area contributed by atoms with Gasteiger partial charge in [0.05, 0.1) is 6.54 Å². The molecule has 2 aromatic rings. The van der Waals surface area contributed by atoms with Crippen LogP contribution in [-0.2, 0) is 6.54 Å². The number of carbonyl (C=O) groups excluding carboxylic acids is 1. The third-order valence-corrected chi connectivity index (χ3v) is 3.32. The van der Waals surface area contributed by atoms with Crippen molar-refractivity contribution in [2.75, 3.05) is 11.9 Å². The lowest BCUT2D eigenvalue weighted by atomic mass is 10.2. The molecule has 22 heavy (non-hydrogen) atoms. The quantitative estimate of drug-likeness (QED) is 0.804. The van der Waals surface area contributed by atoms with Gasteiger partial charge in [0.25, 0.3) is 0 Å². The Labute approximate surface area is 129 Å². The zero-order valence-electron chi connectivity index (χ0n) is 12.9. The normalized spacial score (nSPS) is 10.5. The van der Waals surface area contributed by atoms with Crippen LogP contribution in [0.1, 0.15) is 31.0 Å². The van der Waals surface area contributed by atoms with Crippen LogP contribution < -0.4 is 10.6 Å². The van der Waals surface area contributed by atoms with Gasteiger partial charge in [-0.2, -0.15) is 5.10 Å². The highest BCUT2D eigenvalue weighted by Crippen LogP contribution is 2.13. The molecule has 118 valence electrons. The van der Waals surface area contributed by atoms with Crippen LogP contribution in [0, 0.1) is 12.7 Å². The van der Waals surface area contributed by atoms with E-state index < -0.39 is 0 Å². The lowest BCUT2D eigenvalue weighted by molar-refractivity contribution is 0.252. The molecule has 0 spiro atoms. The topological polar surface area (TPSA) is 59.0 Å². The zero-order chi connectivity index (χ0) is 15.9. The average molecular weight is 304 g/mol. The van der Waals surface area contributed by atoms with Crippen LogP contribution in [0.3, 0.4) is 0 Å². The van der Waals surface area contributed by atoms with Gasteiger partial charge in [-0.1, -0.05) is 31.5 Å². The maximum absolute atomic E-state index is 13.7. The molecule has 2 N–H and O–H groups in total.